The highest BCUT2D eigenvalue weighted by Crippen LogP contribution is 2.38. The zero-order chi connectivity index (χ0) is 14.4. The topological polar surface area (TPSA) is 29.5 Å². The molecule has 1 heterocycles. The van der Waals surface area contributed by atoms with E-state index in [1.54, 1.807) is 0 Å². The van der Waals surface area contributed by atoms with Crippen LogP contribution in [0.15, 0.2) is 24.3 Å². The van der Waals surface area contributed by atoms with Gasteiger partial charge < -0.3 is 9.64 Å². The van der Waals surface area contributed by atoms with Crippen LogP contribution in [0.5, 0.6) is 5.75 Å². The van der Waals surface area contributed by atoms with Gasteiger partial charge in [0, 0.05) is 18.7 Å². The van der Waals surface area contributed by atoms with Gasteiger partial charge in [-0.2, -0.15) is 0 Å². The minimum atomic E-state index is 0.142. The Morgan fingerprint density at radius 1 is 1.40 bits per heavy atom. The third kappa shape index (κ3) is 3.69. The van der Waals surface area contributed by atoms with Crippen molar-refractivity contribution in [3.05, 3.63) is 29.8 Å². The van der Waals surface area contributed by atoms with Crippen molar-refractivity contribution in [1.29, 1.82) is 0 Å². The summed E-state index contributed by atoms with van der Waals surface area (Å²) in [7, 11) is 0. The Morgan fingerprint density at radius 2 is 2.25 bits per heavy atom. The van der Waals surface area contributed by atoms with Gasteiger partial charge in [0.2, 0.25) is 5.91 Å². The normalized spacial score (nSPS) is 19.2. The largest absolute Gasteiger partial charge is 0.494 e. The van der Waals surface area contributed by atoms with Crippen LogP contribution in [0.3, 0.4) is 0 Å². The first-order valence-electron chi connectivity index (χ1n) is 7.40. The molecule has 0 bridgehead atoms. The fraction of sp³-hybridized carbons (Fsp3) is 0.562. The molecule has 1 aliphatic rings. The van der Waals surface area contributed by atoms with Crippen LogP contribution in [-0.4, -0.2) is 29.7 Å². The monoisotopic (exact) mass is 293 g/mol. The summed E-state index contributed by atoms with van der Waals surface area (Å²) in [4.78, 5) is 14.2. The van der Waals surface area contributed by atoms with Gasteiger partial charge in [0.05, 0.1) is 6.61 Å². The number of thioether (sulfide) groups is 1. The minimum Gasteiger partial charge on any atom is -0.494 e. The van der Waals surface area contributed by atoms with Crippen molar-refractivity contribution in [1.82, 2.24) is 4.90 Å². The van der Waals surface area contributed by atoms with Crippen LogP contribution in [0.25, 0.3) is 0 Å². The zero-order valence-electron chi connectivity index (χ0n) is 12.3. The molecule has 110 valence electrons. The maximum absolute atomic E-state index is 12.2. The summed E-state index contributed by atoms with van der Waals surface area (Å²) in [5.41, 5.74) is 1.17. The Kier molecular flexibility index (Phi) is 5.77. The molecule has 3 nitrogen and oxygen atoms in total. The molecule has 1 atom stereocenters. The van der Waals surface area contributed by atoms with Gasteiger partial charge >= 0.3 is 0 Å². The van der Waals surface area contributed by atoms with Crippen molar-refractivity contribution in [3.63, 3.8) is 0 Å². The van der Waals surface area contributed by atoms with E-state index in [1.165, 1.54) is 5.56 Å². The first kappa shape index (κ1) is 15.2. The lowest BCUT2D eigenvalue weighted by Gasteiger charge is -2.35. The van der Waals surface area contributed by atoms with Crippen molar-refractivity contribution in [2.24, 2.45) is 0 Å². The number of carbonyl (C=O) groups excluding carboxylic acids is 1. The maximum atomic E-state index is 12.2. The van der Waals surface area contributed by atoms with Gasteiger partial charge in [-0.1, -0.05) is 25.5 Å². The molecule has 1 aromatic carbocycles. The molecule has 1 fully saturated rings. The Balaban J connectivity index is 2.18. The summed E-state index contributed by atoms with van der Waals surface area (Å²) < 4.78 is 5.57. The summed E-state index contributed by atoms with van der Waals surface area (Å²) in [6.07, 6.45) is 2.84. The molecule has 0 spiro atoms. The van der Waals surface area contributed by atoms with Gasteiger partial charge in [0.25, 0.3) is 0 Å². The van der Waals surface area contributed by atoms with E-state index < -0.39 is 0 Å². The Morgan fingerprint density at radius 3 is 3.00 bits per heavy atom. The minimum absolute atomic E-state index is 0.142. The van der Waals surface area contributed by atoms with Gasteiger partial charge in [0.15, 0.2) is 0 Å². The number of hydrogen-bond donors (Lipinski definition) is 0. The Labute approximate surface area is 125 Å². The first-order chi connectivity index (χ1) is 9.76. The lowest BCUT2D eigenvalue weighted by atomic mass is 10.1. The highest BCUT2D eigenvalue weighted by atomic mass is 32.2. The molecule has 4 heteroatoms. The molecule has 0 radical (unpaired) electrons. The summed E-state index contributed by atoms with van der Waals surface area (Å²) in [6.45, 7) is 5.66. The molecule has 0 saturated carbocycles. The van der Waals surface area contributed by atoms with Gasteiger partial charge in [-0.05, 0) is 31.0 Å². The van der Waals surface area contributed by atoms with Crippen LogP contribution >= 0.6 is 11.8 Å². The predicted molar refractivity (Wildman–Crippen MR) is 84.0 cm³/mol. The molecule has 0 N–H and O–H groups in total. The summed E-state index contributed by atoms with van der Waals surface area (Å²) >= 11 is 1.85. The van der Waals surface area contributed by atoms with Crippen LogP contribution in [-0.2, 0) is 4.79 Å². The van der Waals surface area contributed by atoms with Crippen LogP contribution in [0, 0.1) is 0 Å². The Hall–Kier alpha value is -1.16. The van der Waals surface area contributed by atoms with Crippen molar-refractivity contribution in [2.75, 3.05) is 18.9 Å². The fourth-order valence-electron chi connectivity index (χ4n) is 2.39. The molecule has 1 unspecified atom stereocenters. The number of nitrogens with zero attached hydrogens (tertiary/aromatic N) is 1. The Bertz CT molecular complexity index is 450. The van der Waals surface area contributed by atoms with Gasteiger partial charge in [-0.3, -0.25) is 4.79 Å². The van der Waals surface area contributed by atoms with E-state index in [9.17, 15) is 4.79 Å². The van der Waals surface area contributed by atoms with E-state index in [-0.39, 0.29) is 11.3 Å². The number of hydrogen-bond acceptors (Lipinski definition) is 3. The highest BCUT2D eigenvalue weighted by Gasteiger charge is 2.29. The quantitative estimate of drug-likeness (QED) is 0.798. The molecule has 1 aliphatic heterocycles. The van der Waals surface area contributed by atoms with E-state index in [0.29, 0.717) is 13.0 Å². The molecule has 0 aromatic heterocycles. The van der Waals surface area contributed by atoms with E-state index >= 15 is 0 Å². The van der Waals surface area contributed by atoms with Gasteiger partial charge in [0.1, 0.15) is 11.1 Å². The number of carbonyl (C=O) groups is 1. The molecular formula is C16H23NO2S. The van der Waals surface area contributed by atoms with E-state index in [2.05, 4.69) is 19.1 Å². The second kappa shape index (κ2) is 7.58. The molecule has 1 amide bonds. The first-order valence-corrected chi connectivity index (χ1v) is 8.45. The smallest absolute Gasteiger partial charge is 0.224 e. The molecule has 20 heavy (non-hydrogen) atoms. The lowest BCUT2D eigenvalue weighted by Crippen LogP contribution is -2.37. The molecule has 1 saturated heterocycles. The van der Waals surface area contributed by atoms with Gasteiger partial charge in [-0.25, -0.2) is 0 Å². The zero-order valence-corrected chi connectivity index (χ0v) is 13.1. The standard InChI is InChI=1S/C16H23NO2S/c1-3-5-10-17-15(18)9-11-20-16(17)13-7-6-8-14(12-13)19-4-2/h6-8,12,16H,3-5,9-11H2,1-2H3. The molecule has 1 aromatic rings. The van der Waals surface area contributed by atoms with Crippen molar-refractivity contribution >= 4 is 17.7 Å². The number of ether oxygens (including phenoxy) is 1. The third-order valence-corrected chi connectivity index (χ3v) is 4.68. The fourth-order valence-corrected chi connectivity index (χ4v) is 3.65. The number of amides is 1. The second-order valence-corrected chi connectivity index (χ2v) is 6.11. The molecular weight excluding hydrogens is 270 g/mol. The van der Waals surface area contributed by atoms with Crippen LogP contribution in [0.2, 0.25) is 0 Å². The SMILES string of the molecule is CCCCN1C(=O)CCSC1c1cccc(OCC)c1. The average molecular weight is 293 g/mol. The van der Waals surface area contributed by atoms with E-state index in [1.807, 2.05) is 35.7 Å². The van der Waals surface area contributed by atoms with E-state index in [0.717, 1.165) is 30.9 Å². The third-order valence-electron chi connectivity index (χ3n) is 3.40. The summed E-state index contributed by atoms with van der Waals surface area (Å²) in [6, 6.07) is 8.15. The average Bonchev–Trinajstić information content (AvgIpc) is 2.46. The van der Waals surface area contributed by atoms with Crippen molar-refractivity contribution in [3.8, 4) is 5.75 Å². The van der Waals surface area contributed by atoms with E-state index in [4.69, 9.17) is 4.74 Å². The lowest BCUT2D eigenvalue weighted by molar-refractivity contribution is -0.132. The number of benzene rings is 1. The van der Waals surface area contributed by atoms with Gasteiger partial charge in [-0.15, -0.1) is 11.8 Å². The van der Waals surface area contributed by atoms with Crippen LogP contribution in [0.4, 0.5) is 0 Å². The van der Waals surface area contributed by atoms with Crippen LogP contribution < -0.4 is 4.74 Å². The molecule has 0 aliphatic carbocycles. The number of rotatable bonds is 6. The maximum Gasteiger partial charge on any atom is 0.224 e. The highest BCUT2D eigenvalue weighted by molar-refractivity contribution is 7.99. The molecule has 2 rings (SSSR count). The summed E-state index contributed by atoms with van der Waals surface area (Å²) in [5.74, 6) is 2.08. The van der Waals surface area contributed by atoms with Crippen molar-refractivity contribution < 1.29 is 9.53 Å². The number of unbranched alkanes of at least 4 members (excludes halogenated alkanes) is 1. The second-order valence-electron chi connectivity index (χ2n) is 4.92. The van der Waals surface area contributed by atoms with Crippen molar-refractivity contribution in [2.45, 2.75) is 38.5 Å². The summed E-state index contributed by atoms with van der Waals surface area (Å²) in [5, 5.41) is 0.142. The predicted octanol–water partition coefficient (Wildman–Crippen LogP) is 3.85. The van der Waals surface area contributed by atoms with Crippen LogP contribution in [0.1, 0.15) is 44.0 Å².